The molecule has 2 heterocycles. The van der Waals surface area contributed by atoms with Gasteiger partial charge in [0.2, 0.25) is 0 Å². The van der Waals surface area contributed by atoms with Crippen LogP contribution in [0.2, 0.25) is 0 Å². The number of ether oxygens (including phenoxy) is 2. The molecule has 0 radical (unpaired) electrons. The van der Waals surface area contributed by atoms with Crippen molar-refractivity contribution in [3.8, 4) is 0 Å². The summed E-state index contributed by atoms with van der Waals surface area (Å²) >= 11 is 0. The molecular weight excluding hydrogens is 322 g/mol. The lowest BCUT2D eigenvalue weighted by atomic mass is 9.92. The molecule has 1 fully saturated rings. The monoisotopic (exact) mass is 343 g/mol. The highest BCUT2D eigenvalue weighted by Gasteiger charge is 2.29. The lowest BCUT2D eigenvalue weighted by molar-refractivity contribution is -0.120. The first-order chi connectivity index (χ1) is 12.1. The largest absolute Gasteiger partial charge is 0.462 e. The Kier molecular flexibility index (Phi) is 5.28. The molecule has 132 valence electrons. The number of carbonyl (C=O) groups excluding carboxylic acids is 3. The Morgan fingerprint density at radius 2 is 1.88 bits per heavy atom. The van der Waals surface area contributed by atoms with E-state index in [1.54, 1.807) is 24.3 Å². The van der Waals surface area contributed by atoms with E-state index < -0.39 is 5.97 Å². The van der Waals surface area contributed by atoms with E-state index in [1.807, 2.05) is 0 Å². The number of hydrogen-bond acceptors (Lipinski definition) is 5. The number of hydrogen-bond donors (Lipinski definition) is 0. The minimum atomic E-state index is -0.412. The van der Waals surface area contributed by atoms with E-state index in [4.69, 9.17) is 9.47 Å². The molecule has 0 aromatic heterocycles. The molecule has 2 atom stereocenters. The highest BCUT2D eigenvalue weighted by atomic mass is 16.5. The molecule has 1 aromatic carbocycles. The third-order valence-corrected chi connectivity index (χ3v) is 4.61. The summed E-state index contributed by atoms with van der Waals surface area (Å²) in [6.07, 6.45) is 5.53. The highest BCUT2D eigenvalue weighted by Crippen LogP contribution is 2.27. The van der Waals surface area contributed by atoms with E-state index in [9.17, 15) is 14.4 Å². The number of esters is 1. The summed E-state index contributed by atoms with van der Waals surface area (Å²) in [6.45, 7) is 3.35. The van der Waals surface area contributed by atoms with Gasteiger partial charge in [0.05, 0.1) is 30.6 Å². The molecule has 3 rings (SSSR count). The van der Waals surface area contributed by atoms with Gasteiger partial charge in [-0.3, -0.25) is 9.59 Å². The van der Waals surface area contributed by atoms with Gasteiger partial charge < -0.3 is 9.47 Å². The molecule has 1 aromatic rings. The number of carbonyl (C=O) groups is 3. The summed E-state index contributed by atoms with van der Waals surface area (Å²) < 4.78 is 10.8. The first-order valence-electron chi connectivity index (χ1n) is 8.55. The van der Waals surface area contributed by atoms with Crippen LogP contribution in [-0.2, 0) is 19.1 Å². The van der Waals surface area contributed by atoms with Gasteiger partial charge in [-0.25, -0.2) is 9.69 Å². The SMILES string of the molecule is CCC1COC1CCCOC(=O)c1ccc(N2C(=O)C=CC2=O)cc1. The summed E-state index contributed by atoms with van der Waals surface area (Å²) in [4.78, 5) is 36.3. The van der Waals surface area contributed by atoms with Crippen molar-refractivity contribution in [3.63, 3.8) is 0 Å². The molecule has 25 heavy (non-hydrogen) atoms. The Balaban J connectivity index is 1.46. The number of rotatable bonds is 7. The fourth-order valence-corrected chi connectivity index (χ4v) is 3.00. The van der Waals surface area contributed by atoms with Crippen molar-refractivity contribution in [1.82, 2.24) is 0 Å². The zero-order valence-corrected chi connectivity index (χ0v) is 14.1. The molecule has 2 aliphatic rings. The Morgan fingerprint density at radius 3 is 2.44 bits per heavy atom. The van der Waals surface area contributed by atoms with Crippen molar-refractivity contribution in [2.75, 3.05) is 18.1 Å². The second-order valence-electron chi connectivity index (χ2n) is 6.21. The van der Waals surface area contributed by atoms with Crippen LogP contribution in [-0.4, -0.2) is 37.1 Å². The quantitative estimate of drug-likeness (QED) is 0.432. The number of nitrogens with zero attached hydrogens (tertiary/aromatic N) is 1. The third kappa shape index (κ3) is 3.79. The third-order valence-electron chi connectivity index (χ3n) is 4.61. The summed E-state index contributed by atoms with van der Waals surface area (Å²) in [6, 6.07) is 6.23. The zero-order chi connectivity index (χ0) is 17.8. The maximum Gasteiger partial charge on any atom is 0.338 e. The number of imide groups is 1. The van der Waals surface area contributed by atoms with Crippen LogP contribution in [0.15, 0.2) is 36.4 Å². The Labute approximate surface area is 146 Å². The predicted octanol–water partition coefficient (Wildman–Crippen LogP) is 2.48. The van der Waals surface area contributed by atoms with Crippen LogP contribution in [0.4, 0.5) is 5.69 Å². The van der Waals surface area contributed by atoms with E-state index in [2.05, 4.69) is 6.92 Å². The summed E-state index contributed by atoms with van der Waals surface area (Å²) in [5.74, 6) is -0.549. The van der Waals surface area contributed by atoms with Crippen LogP contribution in [0.1, 0.15) is 36.5 Å². The zero-order valence-electron chi connectivity index (χ0n) is 14.1. The van der Waals surface area contributed by atoms with Crippen LogP contribution in [0.25, 0.3) is 0 Å². The summed E-state index contributed by atoms with van der Waals surface area (Å²) in [7, 11) is 0. The Hall–Kier alpha value is -2.47. The van der Waals surface area contributed by atoms with Crippen molar-refractivity contribution in [2.24, 2.45) is 5.92 Å². The van der Waals surface area contributed by atoms with Gasteiger partial charge >= 0.3 is 5.97 Å². The average Bonchev–Trinajstić information content (AvgIpc) is 2.92. The van der Waals surface area contributed by atoms with Gasteiger partial charge in [-0.15, -0.1) is 0 Å². The minimum Gasteiger partial charge on any atom is -0.462 e. The maximum atomic E-state index is 12.0. The number of benzene rings is 1. The second-order valence-corrected chi connectivity index (χ2v) is 6.21. The summed E-state index contributed by atoms with van der Waals surface area (Å²) in [5.41, 5.74) is 0.825. The van der Waals surface area contributed by atoms with Gasteiger partial charge in [-0.05, 0) is 43.5 Å². The molecule has 0 spiro atoms. The van der Waals surface area contributed by atoms with E-state index >= 15 is 0 Å². The van der Waals surface area contributed by atoms with Gasteiger partial charge in [0.25, 0.3) is 11.8 Å². The Morgan fingerprint density at radius 1 is 1.20 bits per heavy atom. The van der Waals surface area contributed by atoms with E-state index in [-0.39, 0.29) is 11.8 Å². The second kappa shape index (κ2) is 7.61. The van der Waals surface area contributed by atoms with Crippen LogP contribution in [0.3, 0.4) is 0 Å². The predicted molar refractivity (Wildman–Crippen MR) is 91.1 cm³/mol. The molecule has 0 saturated carbocycles. The van der Waals surface area contributed by atoms with E-state index in [1.165, 1.54) is 12.2 Å². The first-order valence-corrected chi connectivity index (χ1v) is 8.55. The van der Waals surface area contributed by atoms with Crippen molar-refractivity contribution in [1.29, 1.82) is 0 Å². The molecule has 1 saturated heterocycles. The van der Waals surface area contributed by atoms with Crippen molar-refractivity contribution >= 4 is 23.5 Å². The van der Waals surface area contributed by atoms with Gasteiger partial charge in [0.15, 0.2) is 0 Å². The van der Waals surface area contributed by atoms with E-state index in [0.717, 1.165) is 30.8 Å². The van der Waals surface area contributed by atoms with E-state index in [0.29, 0.717) is 29.9 Å². The number of amides is 2. The standard InChI is InChI=1S/C19H21NO5/c1-2-13-12-25-16(13)4-3-11-24-19(23)14-5-7-15(8-6-14)20-17(21)9-10-18(20)22/h5-10,13,16H,2-4,11-12H2,1H3. The molecule has 0 aliphatic carbocycles. The molecule has 0 bridgehead atoms. The molecule has 0 N–H and O–H groups in total. The fraction of sp³-hybridized carbons (Fsp3) is 0.421. The Bertz CT molecular complexity index is 674. The topological polar surface area (TPSA) is 72.9 Å². The average molecular weight is 343 g/mol. The molecule has 6 nitrogen and oxygen atoms in total. The van der Waals surface area contributed by atoms with Crippen LogP contribution < -0.4 is 4.90 Å². The molecule has 6 heteroatoms. The van der Waals surface area contributed by atoms with Crippen LogP contribution >= 0.6 is 0 Å². The lowest BCUT2D eigenvalue weighted by Gasteiger charge is -2.36. The molecule has 2 aliphatic heterocycles. The smallest absolute Gasteiger partial charge is 0.338 e. The van der Waals surface area contributed by atoms with Gasteiger partial charge in [0, 0.05) is 18.1 Å². The molecule has 2 amide bonds. The highest BCUT2D eigenvalue weighted by molar-refractivity contribution is 6.28. The lowest BCUT2D eigenvalue weighted by Crippen LogP contribution is -2.39. The summed E-state index contributed by atoms with van der Waals surface area (Å²) in [5, 5.41) is 0. The maximum absolute atomic E-state index is 12.0. The van der Waals surface area contributed by atoms with Gasteiger partial charge in [0.1, 0.15) is 0 Å². The van der Waals surface area contributed by atoms with Crippen molar-refractivity contribution < 1.29 is 23.9 Å². The van der Waals surface area contributed by atoms with Crippen molar-refractivity contribution in [2.45, 2.75) is 32.3 Å². The van der Waals surface area contributed by atoms with Crippen molar-refractivity contribution in [3.05, 3.63) is 42.0 Å². The number of anilines is 1. The van der Waals surface area contributed by atoms with Gasteiger partial charge in [-0.2, -0.15) is 0 Å². The minimum absolute atomic E-state index is 0.298. The van der Waals surface area contributed by atoms with Crippen LogP contribution in [0.5, 0.6) is 0 Å². The van der Waals surface area contributed by atoms with Crippen LogP contribution in [0, 0.1) is 5.92 Å². The molecular formula is C19H21NO5. The normalized spacial score (nSPS) is 22.2. The first kappa shape index (κ1) is 17.4. The van der Waals surface area contributed by atoms with Gasteiger partial charge in [-0.1, -0.05) is 6.92 Å². The molecule has 2 unspecified atom stereocenters. The fourth-order valence-electron chi connectivity index (χ4n) is 3.00.